The molecule has 0 saturated carbocycles. The van der Waals surface area contributed by atoms with Crippen molar-refractivity contribution in [3.63, 3.8) is 0 Å². The molecule has 0 amide bonds. The first-order valence-corrected chi connectivity index (χ1v) is 9.01. The highest BCUT2D eigenvalue weighted by Gasteiger charge is 2.29. The molecule has 0 atom stereocenters. The zero-order valence-corrected chi connectivity index (χ0v) is 15.1. The Hall–Kier alpha value is -2.38. The summed E-state index contributed by atoms with van der Waals surface area (Å²) in [6, 6.07) is 9.77. The van der Waals surface area contributed by atoms with Crippen LogP contribution < -0.4 is 10.6 Å². The first-order chi connectivity index (χ1) is 12.7. The van der Waals surface area contributed by atoms with Crippen LogP contribution in [0.1, 0.15) is 25.5 Å². The maximum Gasteiger partial charge on any atom is 0.226 e. The molecule has 0 radical (unpaired) electrons. The Morgan fingerprint density at radius 3 is 2.73 bits per heavy atom. The number of aromatic nitrogens is 1. The summed E-state index contributed by atoms with van der Waals surface area (Å²) >= 11 is 0. The summed E-state index contributed by atoms with van der Waals surface area (Å²) in [4.78, 5) is 9.02. The highest BCUT2D eigenvalue weighted by atomic mass is 16.5. The number of hydrogen-bond acceptors (Lipinski definition) is 5. The summed E-state index contributed by atoms with van der Waals surface area (Å²) in [5, 5.41) is 17.0. The molecule has 3 N–H and O–H groups in total. The van der Waals surface area contributed by atoms with Crippen molar-refractivity contribution < 1.29 is 14.3 Å². The van der Waals surface area contributed by atoms with Gasteiger partial charge in [-0.15, -0.1) is 0 Å². The van der Waals surface area contributed by atoms with E-state index in [1.165, 1.54) is 0 Å². The van der Waals surface area contributed by atoms with E-state index in [4.69, 9.17) is 9.15 Å². The van der Waals surface area contributed by atoms with Crippen LogP contribution in [-0.4, -0.2) is 48.0 Å². The summed E-state index contributed by atoms with van der Waals surface area (Å²) in [6.45, 7) is 4.76. The molecule has 0 spiro atoms. The number of aliphatic imine (C=N–C) groups is 1. The summed E-state index contributed by atoms with van der Waals surface area (Å²) < 4.78 is 10.9. The van der Waals surface area contributed by atoms with Gasteiger partial charge in [0.1, 0.15) is 12.0 Å². The molecular formula is C19H26N4O3. The van der Waals surface area contributed by atoms with Crippen molar-refractivity contribution in [3.05, 3.63) is 42.3 Å². The van der Waals surface area contributed by atoms with E-state index in [0.717, 1.165) is 17.8 Å². The van der Waals surface area contributed by atoms with E-state index in [1.54, 1.807) is 6.26 Å². The second-order valence-electron chi connectivity index (χ2n) is 6.40. The first-order valence-electron chi connectivity index (χ1n) is 9.01. The molecule has 2 heterocycles. The monoisotopic (exact) mass is 358 g/mol. The molecule has 7 nitrogen and oxygen atoms in total. The highest BCUT2D eigenvalue weighted by Crippen LogP contribution is 2.19. The molecule has 26 heavy (non-hydrogen) atoms. The molecule has 140 valence electrons. The SMILES string of the molecule is CCNC(=NCc1coc(-c2ccccc2)n1)NCC1(O)CCOCC1. The fourth-order valence-electron chi connectivity index (χ4n) is 2.77. The molecule has 1 aliphatic rings. The van der Waals surface area contributed by atoms with Gasteiger partial charge in [0.25, 0.3) is 0 Å². The molecule has 1 fully saturated rings. The third-order valence-corrected chi connectivity index (χ3v) is 4.32. The Labute approximate surface area is 153 Å². The second kappa shape index (κ2) is 8.82. The molecule has 7 heteroatoms. The number of benzene rings is 1. The van der Waals surface area contributed by atoms with Crippen LogP contribution in [0.5, 0.6) is 0 Å². The smallest absolute Gasteiger partial charge is 0.226 e. The average molecular weight is 358 g/mol. The van der Waals surface area contributed by atoms with Crippen molar-refractivity contribution in [2.24, 2.45) is 4.99 Å². The van der Waals surface area contributed by atoms with Gasteiger partial charge < -0.3 is 24.9 Å². The number of nitrogens with zero attached hydrogens (tertiary/aromatic N) is 2. The van der Waals surface area contributed by atoms with Crippen LogP contribution in [-0.2, 0) is 11.3 Å². The van der Waals surface area contributed by atoms with Gasteiger partial charge in [-0.1, -0.05) is 18.2 Å². The standard InChI is InChI=1S/C19H26N4O3/c1-2-20-18(22-14-19(24)8-10-25-11-9-19)21-12-16-13-26-17(23-16)15-6-4-3-5-7-15/h3-7,13,24H,2,8-12,14H2,1H3,(H2,20,21,22). The minimum atomic E-state index is -0.747. The minimum absolute atomic E-state index is 0.396. The number of rotatable bonds is 6. The van der Waals surface area contributed by atoms with Gasteiger partial charge in [-0.25, -0.2) is 9.98 Å². The third kappa shape index (κ3) is 5.06. The van der Waals surface area contributed by atoms with Crippen LogP contribution >= 0.6 is 0 Å². The van der Waals surface area contributed by atoms with Crippen molar-refractivity contribution in [2.75, 3.05) is 26.3 Å². The Bertz CT molecular complexity index is 709. The van der Waals surface area contributed by atoms with Crippen LogP contribution in [0.2, 0.25) is 0 Å². The summed E-state index contributed by atoms with van der Waals surface area (Å²) in [5.74, 6) is 1.24. The van der Waals surface area contributed by atoms with Crippen LogP contribution in [0, 0.1) is 0 Å². The van der Waals surface area contributed by atoms with Crippen LogP contribution in [0.4, 0.5) is 0 Å². The van der Waals surface area contributed by atoms with E-state index >= 15 is 0 Å². The van der Waals surface area contributed by atoms with Gasteiger partial charge in [0, 0.05) is 44.7 Å². The van der Waals surface area contributed by atoms with E-state index in [1.807, 2.05) is 37.3 Å². The molecular weight excluding hydrogens is 332 g/mol. The van der Waals surface area contributed by atoms with Crippen LogP contribution in [0.3, 0.4) is 0 Å². The number of hydrogen-bond donors (Lipinski definition) is 3. The van der Waals surface area contributed by atoms with Gasteiger partial charge in [0.15, 0.2) is 5.96 Å². The Kier molecular flexibility index (Phi) is 6.25. The lowest BCUT2D eigenvalue weighted by Crippen LogP contribution is -2.49. The summed E-state index contributed by atoms with van der Waals surface area (Å²) in [5.41, 5.74) is 0.948. The molecule has 0 unspecified atom stereocenters. The maximum atomic E-state index is 10.6. The van der Waals surface area contributed by atoms with Gasteiger partial charge in [-0.3, -0.25) is 0 Å². The van der Waals surface area contributed by atoms with E-state index in [0.29, 0.717) is 51.0 Å². The number of ether oxygens (including phenoxy) is 1. The predicted octanol–water partition coefficient (Wildman–Crippen LogP) is 1.94. The number of guanidine groups is 1. The number of nitrogens with one attached hydrogen (secondary N) is 2. The molecule has 1 aromatic carbocycles. The molecule has 0 aliphatic carbocycles. The van der Waals surface area contributed by atoms with Gasteiger partial charge in [0.05, 0.1) is 12.1 Å². The molecule has 1 aliphatic heterocycles. The predicted molar refractivity (Wildman–Crippen MR) is 99.8 cm³/mol. The van der Waals surface area contributed by atoms with Crippen molar-refractivity contribution in [3.8, 4) is 11.5 Å². The highest BCUT2D eigenvalue weighted by molar-refractivity contribution is 5.79. The van der Waals surface area contributed by atoms with E-state index in [-0.39, 0.29) is 0 Å². The molecule has 2 aromatic rings. The van der Waals surface area contributed by atoms with Crippen LogP contribution in [0.15, 0.2) is 46.0 Å². The van der Waals surface area contributed by atoms with Gasteiger partial charge in [-0.2, -0.15) is 0 Å². The minimum Gasteiger partial charge on any atom is -0.444 e. The van der Waals surface area contributed by atoms with Crippen molar-refractivity contribution >= 4 is 5.96 Å². The Morgan fingerprint density at radius 1 is 1.23 bits per heavy atom. The van der Waals surface area contributed by atoms with Gasteiger partial charge in [-0.05, 0) is 19.1 Å². The fourth-order valence-corrected chi connectivity index (χ4v) is 2.77. The topological polar surface area (TPSA) is 91.9 Å². The van der Waals surface area contributed by atoms with Gasteiger partial charge >= 0.3 is 0 Å². The second-order valence-corrected chi connectivity index (χ2v) is 6.40. The van der Waals surface area contributed by atoms with Gasteiger partial charge in [0.2, 0.25) is 5.89 Å². The molecule has 0 bridgehead atoms. The quantitative estimate of drug-likeness (QED) is 0.540. The van der Waals surface area contributed by atoms with Crippen molar-refractivity contribution in [1.29, 1.82) is 0 Å². The third-order valence-electron chi connectivity index (χ3n) is 4.32. The molecule has 1 aromatic heterocycles. The van der Waals surface area contributed by atoms with E-state index < -0.39 is 5.60 Å². The lowest BCUT2D eigenvalue weighted by Gasteiger charge is -2.32. The Balaban J connectivity index is 1.59. The Morgan fingerprint density at radius 2 is 2.00 bits per heavy atom. The fraction of sp³-hybridized carbons (Fsp3) is 0.474. The average Bonchev–Trinajstić information content (AvgIpc) is 3.14. The van der Waals surface area contributed by atoms with E-state index in [2.05, 4.69) is 20.6 Å². The van der Waals surface area contributed by atoms with E-state index in [9.17, 15) is 5.11 Å². The summed E-state index contributed by atoms with van der Waals surface area (Å²) in [6.07, 6.45) is 2.88. The summed E-state index contributed by atoms with van der Waals surface area (Å²) in [7, 11) is 0. The normalized spacial score (nSPS) is 17.1. The molecule has 1 saturated heterocycles. The lowest BCUT2D eigenvalue weighted by molar-refractivity contribution is -0.0594. The zero-order valence-electron chi connectivity index (χ0n) is 15.1. The number of oxazole rings is 1. The van der Waals surface area contributed by atoms with Crippen molar-refractivity contribution in [1.82, 2.24) is 15.6 Å². The maximum absolute atomic E-state index is 10.6. The lowest BCUT2D eigenvalue weighted by atomic mass is 9.94. The molecule has 3 rings (SSSR count). The number of aliphatic hydroxyl groups is 1. The largest absolute Gasteiger partial charge is 0.444 e. The first kappa shape index (κ1) is 18.4. The zero-order chi connectivity index (χ0) is 18.2. The van der Waals surface area contributed by atoms with Crippen LogP contribution in [0.25, 0.3) is 11.5 Å². The van der Waals surface area contributed by atoms with Crippen molar-refractivity contribution in [2.45, 2.75) is 31.9 Å².